The molecule has 0 aliphatic rings. The van der Waals surface area contributed by atoms with Crippen molar-refractivity contribution in [3.05, 3.63) is 94.2 Å². The van der Waals surface area contributed by atoms with Crippen LogP contribution in [0.2, 0.25) is 10.2 Å². The van der Waals surface area contributed by atoms with Gasteiger partial charge in [0.25, 0.3) is 11.8 Å². The molecule has 28 heavy (non-hydrogen) atoms. The first-order valence-corrected chi connectivity index (χ1v) is 9.04. The standard InChI is InChI=1S/C21H15Cl2N3O2/c22-15-7-4-10-17(13-15)26-21(28)18(12-14-6-5-11-24-19(14)23)20(27)25-16-8-2-1-3-9-16/h1-13H,(H,25,27)(H,26,28). The maximum atomic E-state index is 12.8. The molecule has 0 bridgehead atoms. The number of carbonyl (C=O) groups is 2. The summed E-state index contributed by atoms with van der Waals surface area (Å²) in [6.45, 7) is 0. The van der Waals surface area contributed by atoms with E-state index in [1.165, 1.54) is 12.3 Å². The molecule has 0 saturated carbocycles. The Morgan fingerprint density at radius 2 is 1.50 bits per heavy atom. The van der Waals surface area contributed by atoms with Gasteiger partial charge in [0, 0.05) is 28.2 Å². The number of nitrogens with one attached hydrogen (secondary N) is 2. The quantitative estimate of drug-likeness (QED) is 0.267. The molecule has 2 amide bonds. The average Bonchev–Trinajstić information content (AvgIpc) is 2.68. The summed E-state index contributed by atoms with van der Waals surface area (Å²) < 4.78 is 0. The van der Waals surface area contributed by atoms with E-state index in [4.69, 9.17) is 23.2 Å². The van der Waals surface area contributed by atoms with Crippen LogP contribution in [0.5, 0.6) is 0 Å². The van der Waals surface area contributed by atoms with Crippen molar-refractivity contribution >= 4 is 52.5 Å². The number of carbonyl (C=O) groups excluding carboxylic acids is 2. The van der Waals surface area contributed by atoms with Crippen LogP contribution in [0.15, 0.2) is 78.5 Å². The summed E-state index contributed by atoms with van der Waals surface area (Å²) in [6.07, 6.45) is 2.92. The van der Waals surface area contributed by atoms with Crippen LogP contribution < -0.4 is 10.6 Å². The van der Waals surface area contributed by atoms with Gasteiger partial charge in [-0.1, -0.05) is 53.5 Å². The van der Waals surface area contributed by atoms with Gasteiger partial charge in [0.15, 0.2) is 0 Å². The van der Waals surface area contributed by atoms with Gasteiger partial charge in [-0.05, 0) is 42.5 Å². The summed E-state index contributed by atoms with van der Waals surface area (Å²) in [5.41, 5.74) is 1.35. The molecule has 0 aliphatic carbocycles. The molecule has 0 radical (unpaired) electrons. The minimum atomic E-state index is -0.601. The molecule has 3 rings (SSSR count). The molecule has 0 fully saturated rings. The van der Waals surface area contributed by atoms with Crippen molar-refractivity contribution in [1.29, 1.82) is 0 Å². The monoisotopic (exact) mass is 411 g/mol. The van der Waals surface area contributed by atoms with Crippen molar-refractivity contribution in [1.82, 2.24) is 4.98 Å². The van der Waals surface area contributed by atoms with E-state index in [-0.39, 0.29) is 10.7 Å². The zero-order chi connectivity index (χ0) is 19.9. The highest BCUT2D eigenvalue weighted by Crippen LogP contribution is 2.20. The molecule has 0 unspecified atom stereocenters. The SMILES string of the molecule is O=C(Nc1ccccc1)C(=Cc1cccnc1Cl)C(=O)Nc1cccc(Cl)c1. The number of pyridine rings is 1. The van der Waals surface area contributed by atoms with Crippen LogP contribution in [-0.2, 0) is 9.59 Å². The van der Waals surface area contributed by atoms with Crippen molar-refractivity contribution in [2.75, 3.05) is 10.6 Å². The first-order valence-electron chi connectivity index (χ1n) is 8.28. The van der Waals surface area contributed by atoms with E-state index in [2.05, 4.69) is 15.6 Å². The number of anilines is 2. The topological polar surface area (TPSA) is 71.1 Å². The number of benzene rings is 2. The van der Waals surface area contributed by atoms with Crippen LogP contribution in [0, 0.1) is 0 Å². The number of hydrogen-bond acceptors (Lipinski definition) is 3. The molecule has 3 aromatic rings. The zero-order valence-electron chi connectivity index (χ0n) is 14.5. The second kappa shape index (κ2) is 9.17. The minimum Gasteiger partial charge on any atom is -0.322 e. The highest BCUT2D eigenvalue weighted by molar-refractivity contribution is 6.33. The van der Waals surface area contributed by atoms with E-state index in [1.807, 2.05) is 6.07 Å². The fourth-order valence-corrected chi connectivity index (χ4v) is 2.74. The third kappa shape index (κ3) is 5.19. The van der Waals surface area contributed by atoms with Crippen molar-refractivity contribution in [2.24, 2.45) is 0 Å². The van der Waals surface area contributed by atoms with Crippen LogP contribution in [0.25, 0.3) is 6.08 Å². The maximum absolute atomic E-state index is 12.8. The van der Waals surface area contributed by atoms with Crippen molar-refractivity contribution in [3.63, 3.8) is 0 Å². The Morgan fingerprint density at radius 3 is 2.18 bits per heavy atom. The Morgan fingerprint density at radius 1 is 0.821 bits per heavy atom. The lowest BCUT2D eigenvalue weighted by atomic mass is 10.1. The highest BCUT2D eigenvalue weighted by Gasteiger charge is 2.20. The van der Waals surface area contributed by atoms with Gasteiger partial charge in [-0.15, -0.1) is 0 Å². The zero-order valence-corrected chi connectivity index (χ0v) is 16.0. The third-order valence-electron chi connectivity index (χ3n) is 3.69. The molecule has 140 valence electrons. The summed E-state index contributed by atoms with van der Waals surface area (Å²) >= 11 is 12.0. The number of hydrogen-bond donors (Lipinski definition) is 2. The van der Waals surface area contributed by atoms with E-state index >= 15 is 0 Å². The molecule has 5 nitrogen and oxygen atoms in total. The lowest BCUT2D eigenvalue weighted by molar-refractivity contribution is -0.118. The number of rotatable bonds is 5. The van der Waals surface area contributed by atoms with Gasteiger partial charge in [-0.3, -0.25) is 9.59 Å². The molecule has 2 N–H and O–H groups in total. The van der Waals surface area contributed by atoms with Crippen molar-refractivity contribution in [3.8, 4) is 0 Å². The minimum absolute atomic E-state index is 0.126. The summed E-state index contributed by atoms with van der Waals surface area (Å²) in [4.78, 5) is 29.6. The van der Waals surface area contributed by atoms with Gasteiger partial charge < -0.3 is 10.6 Å². The number of nitrogens with zero attached hydrogens (tertiary/aromatic N) is 1. The Balaban J connectivity index is 1.92. The van der Waals surface area contributed by atoms with Gasteiger partial charge in [0.05, 0.1) is 0 Å². The van der Waals surface area contributed by atoms with E-state index in [0.29, 0.717) is 22.0 Å². The van der Waals surface area contributed by atoms with Crippen LogP contribution in [-0.4, -0.2) is 16.8 Å². The number of aromatic nitrogens is 1. The Labute approximate surface area is 172 Å². The predicted molar refractivity (Wildman–Crippen MR) is 112 cm³/mol. The normalized spacial score (nSPS) is 11.0. The molecular formula is C21H15Cl2N3O2. The second-order valence-electron chi connectivity index (χ2n) is 5.73. The van der Waals surface area contributed by atoms with Gasteiger partial charge in [-0.25, -0.2) is 4.98 Å². The second-order valence-corrected chi connectivity index (χ2v) is 6.52. The molecule has 7 heteroatoms. The molecule has 1 heterocycles. The van der Waals surface area contributed by atoms with Crippen LogP contribution in [0.1, 0.15) is 5.56 Å². The predicted octanol–water partition coefficient (Wildman–Crippen LogP) is 5.05. The maximum Gasteiger partial charge on any atom is 0.261 e. The van der Waals surface area contributed by atoms with Gasteiger partial charge in [-0.2, -0.15) is 0 Å². The molecule has 0 saturated heterocycles. The van der Waals surface area contributed by atoms with Crippen LogP contribution >= 0.6 is 23.2 Å². The highest BCUT2D eigenvalue weighted by atomic mass is 35.5. The number of para-hydroxylation sites is 1. The van der Waals surface area contributed by atoms with Crippen molar-refractivity contribution in [2.45, 2.75) is 0 Å². The van der Waals surface area contributed by atoms with E-state index < -0.39 is 11.8 Å². The van der Waals surface area contributed by atoms with E-state index in [0.717, 1.165) is 0 Å². The summed E-state index contributed by atoms with van der Waals surface area (Å²) in [5.74, 6) is -1.18. The molecule has 0 atom stereocenters. The Bertz CT molecular complexity index is 1040. The van der Waals surface area contributed by atoms with Gasteiger partial charge in [0.2, 0.25) is 0 Å². The summed E-state index contributed by atoms with van der Waals surface area (Å²) in [7, 11) is 0. The fraction of sp³-hybridized carbons (Fsp3) is 0. The molecule has 1 aromatic heterocycles. The van der Waals surface area contributed by atoms with Crippen LogP contribution in [0.3, 0.4) is 0 Å². The largest absolute Gasteiger partial charge is 0.322 e. The number of halogens is 2. The van der Waals surface area contributed by atoms with Crippen LogP contribution in [0.4, 0.5) is 11.4 Å². The smallest absolute Gasteiger partial charge is 0.261 e. The molecule has 2 aromatic carbocycles. The first kappa shape index (κ1) is 19.6. The summed E-state index contributed by atoms with van der Waals surface area (Å²) in [6, 6.07) is 18.8. The van der Waals surface area contributed by atoms with Crippen molar-refractivity contribution < 1.29 is 9.59 Å². The fourth-order valence-electron chi connectivity index (χ4n) is 2.38. The van der Waals surface area contributed by atoms with E-state index in [9.17, 15) is 9.59 Å². The molecular weight excluding hydrogens is 397 g/mol. The number of amides is 2. The first-order chi connectivity index (χ1) is 13.5. The Kier molecular flexibility index (Phi) is 6.42. The van der Waals surface area contributed by atoms with Gasteiger partial charge in [0.1, 0.15) is 10.7 Å². The Hall–Kier alpha value is -3.15. The lowest BCUT2D eigenvalue weighted by Gasteiger charge is -2.11. The lowest BCUT2D eigenvalue weighted by Crippen LogP contribution is -2.25. The third-order valence-corrected chi connectivity index (χ3v) is 4.24. The molecule has 0 spiro atoms. The molecule has 0 aliphatic heterocycles. The summed E-state index contributed by atoms with van der Waals surface area (Å²) in [5, 5.41) is 6.02. The van der Waals surface area contributed by atoms with E-state index in [1.54, 1.807) is 60.7 Å². The average molecular weight is 412 g/mol. The van der Waals surface area contributed by atoms with Gasteiger partial charge >= 0.3 is 0 Å².